The Morgan fingerprint density at radius 1 is 1.15 bits per heavy atom. The average molecular weight is 648 g/mol. The van der Waals surface area contributed by atoms with Gasteiger partial charge in [0.25, 0.3) is 0 Å². The quantitative estimate of drug-likeness (QED) is 0.247. The Morgan fingerprint density at radius 3 is 2.46 bits per heavy atom. The first-order valence-electron chi connectivity index (χ1n) is 14.8. The number of carbonyl (C=O) groups excluding carboxylic acids is 3. The summed E-state index contributed by atoms with van der Waals surface area (Å²) in [6, 6.07) is 14.8. The van der Waals surface area contributed by atoms with E-state index in [9.17, 15) is 38.0 Å². The van der Waals surface area contributed by atoms with Crippen LogP contribution in [0.1, 0.15) is 43.9 Å². The maximum Gasteiger partial charge on any atom is 0.409 e. The van der Waals surface area contributed by atoms with Crippen LogP contribution < -0.4 is 15.1 Å². The highest BCUT2D eigenvalue weighted by molar-refractivity contribution is 7.91. The van der Waals surface area contributed by atoms with Crippen molar-refractivity contribution in [2.75, 3.05) is 21.8 Å². The molecule has 1 aliphatic heterocycles. The lowest BCUT2D eigenvalue weighted by Gasteiger charge is -2.37. The zero-order valence-electron chi connectivity index (χ0n) is 26.3. The lowest BCUT2D eigenvalue weighted by Crippen LogP contribution is -2.63. The monoisotopic (exact) mass is 647 g/mol. The molecule has 0 saturated carbocycles. The van der Waals surface area contributed by atoms with Gasteiger partial charge in [-0.15, -0.1) is 0 Å². The molecular formula is C33H37N5O7S. The van der Waals surface area contributed by atoms with Gasteiger partial charge in [-0.2, -0.15) is 5.26 Å². The van der Waals surface area contributed by atoms with Gasteiger partial charge in [-0.25, -0.2) is 13.2 Å². The van der Waals surface area contributed by atoms with Crippen molar-refractivity contribution in [3.63, 3.8) is 0 Å². The van der Waals surface area contributed by atoms with E-state index in [1.165, 1.54) is 28.9 Å². The zero-order chi connectivity index (χ0) is 33.9. The largest absolute Gasteiger partial charge is 0.465 e. The first-order valence-corrected chi connectivity index (χ1v) is 16.8. The van der Waals surface area contributed by atoms with E-state index in [1.54, 1.807) is 19.9 Å². The maximum absolute atomic E-state index is 14.7. The summed E-state index contributed by atoms with van der Waals surface area (Å²) >= 11 is 0. The summed E-state index contributed by atoms with van der Waals surface area (Å²) in [5.74, 6) is -2.20. The molecular weight excluding hydrogens is 610 g/mol. The Hall–Kier alpha value is -4.80. The highest BCUT2D eigenvalue weighted by Gasteiger charge is 2.43. The summed E-state index contributed by atoms with van der Waals surface area (Å²) in [5.41, 5.74) is 2.35. The van der Waals surface area contributed by atoms with E-state index in [4.69, 9.17) is 0 Å². The molecule has 0 radical (unpaired) electrons. The standard InChI is InChI=1S/C33H37N5O7S/c1-6-25(18-39)38(33(42)43)22(4)35-31-21(3)37(30(40)19-46(5,44)45)29-15-23(16-34)12-14-28(29)36(32(31)41)17-27-20(2)11-13-24-9-7-8-10-26(24)27/h7-15,18,21-22,25,31,35H,6,17,19H2,1-5H3,(H,42,43)/t21-,22-,25?,31-/m0/s1. The molecule has 3 aromatic rings. The van der Waals surface area contributed by atoms with Crippen molar-refractivity contribution >= 4 is 56.2 Å². The molecule has 46 heavy (non-hydrogen) atoms. The van der Waals surface area contributed by atoms with Gasteiger partial charge >= 0.3 is 6.09 Å². The number of hydrogen-bond donors (Lipinski definition) is 2. The van der Waals surface area contributed by atoms with Gasteiger partial charge in [0.1, 0.15) is 18.1 Å². The van der Waals surface area contributed by atoms with Crippen LogP contribution in [0.2, 0.25) is 0 Å². The molecule has 1 aliphatic rings. The molecule has 0 aliphatic carbocycles. The third-order valence-corrected chi connectivity index (χ3v) is 9.08. The van der Waals surface area contributed by atoms with Crippen molar-refractivity contribution in [3.05, 3.63) is 71.3 Å². The molecule has 1 heterocycles. The van der Waals surface area contributed by atoms with E-state index in [-0.39, 0.29) is 29.9 Å². The van der Waals surface area contributed by atoms with Gasteiger partial charge in [0.15, 0.2) is 9.84 Å². The molecule has 4 rings (SSSR count). The Labute approximate surface area is 268 Å². The van der Waals surface area contributed by atoms with Crippen LogP contribution in [0.4, 0.5) is 16.2 Å². The number of nitrogens with one attached hydrogen (secondary N) is 1. The fourth-order valence-electron chi connectivity index (χ4n) is 6.01. The predicted octanol–water partition coefficient (Wildman–Crippen LogP) is 3.59. The number of carbonyl (C=O) groups is 4. The minimum absolute atomic E-state index is 0.0485. The first-order chi connectivity index (χ1) is 21.7. The fourth-order valence-corrected chi connectivity index (χ4v) is 6.60. The van der Waals surface area contributed by atoms with Crippen LogP contribution in [-0.2, 0) is 30.8 Å². The Bertz CT molecular complexity index is 1840. The maximum atomic E-state index is 14.7. The van der Waals surface area contributed by atoms with Gasteiger partial charge in [0.05, 0.1) is 47.8 Å². The van der Waals surface area contributed by atoms with Gasteiger partial charge in [0.2, 0.25) is 11.8 Å². The van der Waals surface area contributed by atoms with E-state index in [0.29, 0.717) is 6.29 Å². The van der Waals surface area contributed by atoms with Crippen molar-refractivity contribution in [1.82, 2.24) is 10.2 Å². The van der Waals surface area contributed by atoms with E-state index >= 15 is 0 Å². The molecule has 4 atom stereocenters. The van der Waals surface area contributed by atoms with Crippen LogP contribution >= 0.6 is 0 Å². The average Bonchev–Trinajstić information content (AvgIpc) is 3.08. The molecule has 3 aromatic carbocycles. The number of hydrogen-bond acceptors (Lipinski definition) is 8. The number of aryl methyl sites for hydroxylation is 1. The second-order valence-electron chi connectivity index (χ2n) is 11.5. The summed E-state index contributed by atoms with van der Waals surface area (Å²) in [7, 11) is -3.81. The lowest BCUT2D eigenvalue weighted by molar-refractivity contribution is -0.122. The number of benzene rings is 3. The van der Waals surface area contributed by atoms with Crippen LogP contribution in [-0.4, -0.2) is 78.9 Å². The number of nitriles is 1. The molecule has 0 aromatic heterocycles. The normalized spacial score (nSPS) is 17.9. The summed E-state index contributed by atoms with van der Waals surface area (Å²) in [4.78, 5) is 56.1. The highest BCUT2D eigenvalue weighted by atomic mass is 32.2. The number of nitrogens with zero attached hydrogens (tertiary/aromatic N) is 4. The summed E-state index contributed by atoms with van der Waals surface area (Å²) < 4.78 is 24.6. The van der Waals surface area contributed by atoms with Gasteiger partial charge in [-0.1, -0.05) is 43.3 Å². The fraction of sp³-hybridized carbons (Fsp3) is 0.364. The number of sulfone groups is 1. The lowest BCUT2D eigenvalue weighted by atomic mass is 9.98. The second-order valence-corrected chi connectivity index (χ2v) is 13.7. The van der Waals surface area contributed by atoms with E-state index in [2.05, 4.69) is 5.32 Å². The SMILES string of the molecule is CCC(C=O)N(C(=O)O)[C@@H](C)N[C@@H]1C(=O)N(Cc2c(C)ccc3ccccc23)c2ccc(C#N)cc2N(C(=O)CS(C)(=O)=O)[C@H]1C. The number of aldehydes is 1. The van der Waals surface area contributed by atoms with Crippen molar-refractivity contribution < 1.29 is 32.7 Å². The topological polar surface area (TPSA) is 168 Å². The van der Waals surface area contributed by atoms with Gasteiger partial charge < -0.3 is 19.7 Å². The molecule has 0 saturated heterocycles. The molecule has 3 amide bonds. The summed E-state index contributed by atoms with van der Waals surface area (Å²) in [6.07, 6.45) is -0.838. The number of amides is 3. The third-order valence-electron chi connectivity index (χ3n) is 8.31. The van der Waals surface area contributed by atoms with E-state index < -0.39 is 57.8 Å². The molecule has 1 unspecified atom stereocenters. The van der Waals surface area contributed by atoms with Crippen molar-refractivity contribution in [3.8, 4) is 6.07 Å². The highest BCUT2D eigenvalue weighted by Crippen LogP contribution is 2.38. The van der Waals surface area contributed by atoms with E-state index in [1.807, 2.05) is 49.4 Å². The summed E-state index contributed by atoms with van der Waals surface area (Å²) in [6.45, 7) is 6.67. The predicted molar refractivity (Wildman–Crippen MR) is 174 cm³/mol. The Kier molecular flexibility index (Phi) is 10.1. The van der Waals surface area contributed by atoms with Crippen molar-refractivity contribution in [1.29, 1.82) is 5.26 Å². The van der Waals surface area contributed by atoms with Crippen molar-refractivity contribution in [2.24, 2.45) is 0 Å². The minimum Gasteiger partial charge on any atom is -0.465 e. The Balaban J connectivity index is 1.95. The number of fused-ring (bicyclic) bond motifs is 2. The Morgan fingerprint density at radius 2 is 1.85 bits per heavy atom. The summed E-state index contributed by atoms with van der Waals surface area (Å²) in [5, 5.41) is 24.7. The molecule has 242 valence electrons. The van der Waals surface area contributed by atoms with Crippen LogP contribution in [0.3, 0.4) is 0 Å². The molecule has 12 nitrogen and oxygen atoms in total. The van der Waals surface area contributed by atoms with Crippen molar-refractivity contribution in [2.45, 2.75) is 65.0 Å². The van der Waals surface area contributed by atoms with Crippen LogP contribution in [0, 0.1) is 18.3 Å². The van der Waals surface area contributed by atoms with Gasteiger partial charge in [-0.3, -0.25) is 19.8 Å². The number of rotatable bonds is 10. The van der Waals surface area contributed by atoms with Gasteiger partial charge in [0, 0.05) is 6.26 Å². The second kappa shape index (κ2) is 13.7. The van der Waals surface area contributed by atoms with Gasteiger partial charge in [-0.05, 0) is 67.3 Å². The molecule has 0 bridgehead atoms. The van der Waals surface area contributed by atoms with Crippen LogP contribution in [0.15, 0.2) is 54.6 Å². The zero-order valence-corrected chi connectivity index (χ0v) is 27.1. The minimum atomic E-state index is -3.81. The van der Waals surface area contributed by atoms with E-state index in [0.717, 1.165) is 33.1 Å². The molecule has 13 heteroatoms. The molecule has 0 spiro atoms. The number of carboxylic acid groups (broad SMARTS) is 1. The van der Waals surface area contributed by atoms with Crippen LogP contribution in [0.5, 0.6) is 0 Å². The molecule has 0 fully saturated rings. The smallest absolute Gasteiger partial charge is 0.409 e. The molecule has 2 N–H and O–H groups in total. The first kappa shape index (κ1) is 34.1. The third kappa shape index (κ3) is 6.88. The number of anilines is 2. The van der Waals surface area contributed by atoms with Crippen LogP contribution in [0.25, 0.3) is 10.8 Å².